The molecule has 1 unspecified atom stereocenters. The number of benzene rings is 1. The van der Waals surface area contributed by atoms with Gasteiger partial charge in [-0.05, 0) is 68.4 Å². The molecule has 4 rings (SSSR count). The summed E-state index contributed by atoms with van der Waals surface area (Å²) in [6.07, 6.45) is 6.03. The van der Waals surface area contributed by atoms with Gasteiger partial charge in [0, 0.05) is 59.8 Å². The minimum Gasteiger partial charge on any atom is -0.368 e. The van der Waals surface area contributed by atoms with E-state index < -0.39 is 78.5 Å². The van der Waals surface area contributed by atoms with Gasteiger partial charge in [-0.3, -0.25) is 43.6 Å². The lowest BCUT2D eigenvalue weighted by molar-refractivity contribution is -0.137. The van der Waals surface area contributed by atoms with Crippen molar-refractivity contribution in [3.8, 4) is 0 Å². The molecule has 0 spiro atoms. The van der Waals surface area contributed by atoms with E-state index in [9.17, 15) is 43.2 Å². The maximum absolute atomic E-state index is 14.0. The lowest BCUT2D eigenvalue weighted by Crippen LogP contribution is -2.56. The molecule has 2 saturated heterocycles. The van der Waals surface area contributed by atoms with Crippen LogP contribution in [-0.2, 0) is 44.8 Å². The van der Waals surface area contributed by atoms with E-state index in [0.717, 1.165) is 35.9 Å². The first-order chi connectivity index (χ1) is 31.9. The summed E-state index contributed by atoms with van der Waals surface area (Å²) in [6, 6.07) is 4.27. The quantitative estimate of drug-likeness (QED) is 0.0231. The number of amides is 10. The van der Waals surface area contributed by atoms with Gasteiger partial charge in [0.05, 0.1) is 25.2 Å². The van der Waals surface area contributed by atoms with Gasteiger partial charge in [-0.15, -0.1) is 0 Å². The Hall–Kier alpha value is -5.90. The first-order valence-electron chi connectivity index (χ1n) is 23.1. The van der Waals surface area contributed by atoms with Crippen LogP contribution in [-0.4, -0.2) is 124 Å². The van der Waals surface area contributed by atoms with E-state index in [0.29, 0.717) is 43.0 Å². The Balaban J connectivity index is 1.21. The summed E-state index contributed by atoms with van der Waals surface area (Å²) in [7, 11) is 0. The summed E-state index contributed by atoms with van der Waals surface area (Å²) in [5.74, 6) is -5.01. The highest BCUT2D eigenvalue weighted by molar-refractivity contribution is 8.00. The van der Waals surface area contributed by atoms with E-state index in [1.165, 1.54) is 0 Å². The monoisotopic (exact) mass is 955 g/mol. The highest BCUT2D eigenvalue weighted by Crippen LogP contribution is 2.33. The number of hydrogen-bond acceptors (Lipinski definition) is 11. The van der Waals surface area contributed by atoms with Gasteiger partial charge in [-0.2, -0.15) is 11.8 Å². The predicted octanol–water partition coefficient (Wildman–Crippen LogP) is 0.499. The van der Waals surface area contributed by atoms with Crippen molar-refractivity contribution in [2.75, 3.05) is 25.4 Å². The molecule has 0 aliphatic carbocycles. The van der Waals surface area contributed by atoms with Crippen molar-refractivity contribution in [2.45, 2.75) is 134 Å². The standard InChI is InChI=1S/C45H69N11O10S/c1-25(2)17-27(20-37(58)56-66)42(62)52-33(19-28-21-48-30-12-6-5-11-29(28)30)44(64)53-32(18-26(3)4)43(63)50-22-38(59)49-23-39(60)51-31(41(46)61)13-9-10-16-47-36(57)15-8-7-14-35-40-34(24-67-35)54-45(65)55-40/h5-6,11-12,21,25-27,31-35,40,48,66H,7-10,13-20,22-24H2,1-4H3,(H2,46,61)(H,47,57)(H,49,59)(H,50,63)(H,51,60)(H,52,62)(H,53,64)(H,56,58)(H2,54,55,65)/t27?,31-,32-,33-,34-,35-,40-/m0/s1. The fourth-order valence-electron chi connectivity index (χ4n) is 8.24. The molecule has 3 heterocycles. The average Bonchev–Trinajstić information content (AvgIpc) is 3.98. The Kier molecular flexibility index (Phi) is 21.7. The molecule has 2 aromatic rings. The number of carbonyl (C=O) groups excluding carboxylic acids is 9. The summed E-state index contributed by atoms with van der Waals surface area (Å²) in [6.45, 7) is 6.76. The number of hydrogen-bond donors (Lipinski definition) is 12. The molecular weight excluding hydrogens is 887 g/mol. The number of aromatic nitrogens is 1. The van der Waals surface area contributed by atoms with E-state index >= 15 is 0 Å². The number of urea groups is 1. The number of para-hydroxylation sites is 1. The molecule has 13 N–H and O–H groups in total. The molecule has 21 nitrogen and oxygen atoms in total. The number of fused-ring (bicyclic) bond motifs is 2. The number of nitrogens with two attached hydrogens (primary N) is 1. The van der Waals surface area contributed by atoms with Crippen molar-refractivity contribution in [3.63, 3.8) is 0 Å². The van der Waals surface area contributed by atoms with Crippen molar-refractivity contribution in [2.24, 2.45) is 23.5 Å². The smallest absolute Gasteiger partial charge is 0.315 e. The number of thioether (sulfide) groups is 1. The van der Waals surface area contributed by atoms with Crippen molar-refractivity contribution in [1.82, 2.24) is 53.0 Å². The molecule has 67 heavy (non-hydrogen) atoms. The van der Waals surface area contributed by atoms with Crippen LogP contribution >= 0.6 is 11.8 Å². The van der Waals surface area contributed by atoms with Crippen LogP contribution in [0.1, 0.15) is 97.5 Å². The molecule has 0 bridgehead atoms. The van der Waals surface area contributed by atoms with Gasteiger partial charge in [0.2, 0.25) is 47.3 Å². The lowest BCUT2D eigenvalue weighted by Gasteiger charge is -2.26. The van der Waals surface area contributed by atoms with E-state index in [4.69, 9.17) is 10.9 Å². The number of rotatable bonds is 29. The van der Waals surface area contributed by atoms with Gasteiger partial charge in [0.1, 0.15) is 18.1 Å². The van der Waals surface area contributed by atoms with Gasteiger partial charge < -0.3 is 53.3 Å². The maximum atomic E-state index is 14.0. The largest absolute Gasteiger partial charge is 0.368 e. The van der Waals surface area contributed by atoms with Crippen LogP contribution in [0.4, 0.5) is 4.79 Å². The number of primary amides is 1. The van der Waals surface area contributed by atoms with Gasteiger partial charge in [-0.25, -0.2) is 10.3 Å². The van der Waals surface area contributed by atoms with Crippen molar-refractivity contribution in [3.05, 3.63) is 36.0 Å². The van der Waals surface area contributed by atoms with E-state index in [1.807, 2.05) is 63.7 Å². The van der Waals surface area contributed by atoms with Crippen LogP contribution in [0, 0.1) is 17.8 Å². The van der Waals surface area contributed by atoms with Gasteiger partial charge >= 0.3 is 6.03 Å². The second-order valence-corrected chi connectivity index (χ2v) is 19.4. The summed E-state index contributed by atoms with van der Waals surface area (Å²) < 4.78 is 0. The van der Waals surface area contributed by atoms with E-state index in [1.54, 1.807) is 11.7 Å². The Morgan fingerprint density at radius 3 is 2.19 bits per heavy atom. The SMILES string of the molecule is CC(C)CC(CC(=O)NO)C(=O)N[C@@H](Cc1c[nH]c2ccccc12)C(=O)N[C@@H](CC(C)C)C(=O)NCC(=O)NCC(=O)N[C@@H](CCCCNC(=O)CCCC[C@@H]1SC[C@@H]2NC(=O)N[C@@H]21)C(N)=O. The number of aromatic amines is 1. The van der Waals surface area contributed by atoms with Crippen molar-refractivity contribution < 1.29 is 48.4 Å². The zero-order valence-electron chi connectivity index (χ0n) is 38.8. The Morgan fingerprint density at radius 1 is 0.761 bits per heavy atom. The van der Waals surface area contributed by atoms with Crippen LogP contribution in [0.5, 0.6) is 0 Å². The molecule has 7 atom stereocenters. The average molecular weight is 956 g/mol. The molecule has 1 aromatic heterocycles. The molecular formula is C45H69N11O10S. The minimum atomic E-state index is -1.19. The van der Waals surface area contributed by atoms with Gasteiger partial charge in [0.25, 0.3) is 0 Å². The fourth-order valence-corrected chi connectivity index (χ4v) is 9.79. The first-order valence-corrected chi connectivity index (χ1v) is 24.2. The number of hydroxylamine groups is 1. The zero-order valence-corrected chi connectivity index (χ0v) is 39.6. The number of unbranched alkanes of at least 4 members (excludes halogenated alkanes) is 2. The third-order valence-corrected chi connectivity index (χ3v) is 13.1. The summed E-state index contributed by atoms with van der Waals surface area (Å²) in [5.41, 5.74) is 8.61. The number of nitrogens with one attached hydrogen (secondary N) is 10. The normalized spacial score (nSPS) is 18.1. The molecule has 0 radical (unpaired) electrons. The summed E-state index contributed by atoms with van der Waals surface area (Å²) in [4.78, 5) is 118. The van der Waals surface area contributed by atoms with Crippen molar-refractivity contribution >= 4 is 76.0 Å². The van der Waals surface area contributed by atoms with Gasteiger partial charge in [-0.1, -0.05) is 52.3 Å². The minimum absolute atomic E-state index is 0.00433. The highest BCUT2D eigenvalue weighted by atomic mass is 32.2. The van der Waals surface area contributed by atoms with Crippen molar-refractivity contribution in [1.29, 1.82) is 0 Å². The zero-order chi connectivity index (χ0) is 49.0. The number of H-pyrrole nitrogens is 1. The Morgan fingerprint density at radius 2 is 1.48 bits per heavy atom. The topological polar surface area (TPSA) is 324 Å². The van der Waals surface area contributed by atoms with Crippen LogP contribution in [0.3, 0.4) is 0 Å². The molecule has 2 aliphatic rings. The van der Waals surface area contributed by atoms with E-state index in [-0.39, 0.29) is 61.5 Å². The van der Waals surface area contributed by atoms with Gasteiger partial charge in [0.15, 0.2) is 0 Å². The Labute approximate surface area is 394 Å². The van der Waals surface area contributed by atoms with Crippen LogP contribution in [0.25, 0.3) is 10.9 Å². The fraction of sp³-hybridized carbons (Fsp3) is 0.622. The number of carbonyl (C=O) groups is 9. The molecule has 22 heteroatoms. The van der Waals surface area contributed by atoms with E-state index in [2.05, 4.69) is 47.5 Å². The predicted molar refractivity (Wildman–Crippen MR) is 251 cm³/mol. The summed E-state index contributed by atoms with van der Waals surface area (Å²) >= 11 is 1.84. The molecule has 0 saturated carbocycles. The maximum Gasteiger partial charge on any atom is 0.315 e. The summed E-state index contributed by atoms with van der Waals surface area (Å²) in [5, 5.41) is 32.0. The van der Waals surface area contributed by atoms with Crippen LogP contribution in [0.2, 0.25) is 0 Å². The molecule has 370 valence electrons. The van der Waals surface area contributed by atoms with Crippen LogP contribution in [0.15, 0.2) is 30.5 Å². The molecule has 10 amide bonds. The highest BCUT2D eigenvalue weighted by Gasteiger charge is 2.42. The molecule has 2 aliphatic heterocycles. The third-order valence-electron chi connectivity index (χ3n) is 11.6. The second kappa shape index (κ2) is 27.0. The third kappa shape index (κ3) is 18.0. The first kappa shape index (κ1) is 53.7. The molecule has 1 aromatic carbocycles. The second-order valence-electron chi connectivity index (χ2n) is 18.1. The van der Waals surface area contributed by atoms with Crippen LogP contribution < -0.4 is 53.7 Å². The Bertz CT molecular complexity index is 2050. The molecule has 2 fully saturated rings. The lowest BCUT2D eigenvalue weighted by atomic mass is 9.92.